The maximum absolute atomic E-state index is 11.2. The lowest BCUT2D eigenvalue weighted by molar-refractivity contribution is 0.101. The molecule has 0 bridgehead atoms. The second-order valence-electron chi connectivity index (χ2n) is 3.70. The highest BCUT2D eigenvalue weighted by molar-refractivity contribution is 7.12. The number of nitrogens with zero attached hydrogens (tertiary/aromatic N) is 2. The Morgan fingerprint density at radius 2 is 2.35 bits per heavy atom. The summed E-state index contributed by atoms with van der Waals surface area (Å²) in [5, 5.41) is 3.46. The van der Waals surface area contributed by atoms with Gasteiger partial charge in [-0.05, 0) is 12.1 Å². The highest BCUT2D eigenvalue weighted by Gasteiger charge is 2.11. The zero-order chi connectivity index (χ0) is 11.8. The van der Waals surface area contributed by atoms with E-state index in [9.17, 15) is 4.79 Å². The number of aromatic nitrogens is 3. The predicted octanol–water partition coefficient (Wildman–Crippen LogP) is 2.89. The maximum atomic E-state index is 11.2. The van der Waals surface area contributed by atoms with Crippen LogP contribution in [-0.4, -0.2) is 20.7 Å². The van der Waals surface area contributed by atoms with Crippen molar-refractivity contribution in [2.75, 3.05) is 0 Å². The molecule has 0 aliphatic rings. The molecule has 0 atom stereocenters. The number of hydrogen-bond acceptors (Lipinski definition) is 4. The van der Waals surface area contributed by atoms with Crippen molar-refractivity contribution in [3.05, 3.63) is 34.9 Å². The molecule has 3 heterocycles. The molecule has 0 radical (unpaired) electrons. The third-order valence-corrected chi connectivity index (χ3v) is 3.48. The van der Waals surface area contributed by atoms with Crippen LogP contribution in [0.25, 0.3) is 22.3 Å². The topological polar surface area (TPSA) is 58.6 Å². The Morgan fingerprint density at radius 1 is 1.47 bits per heavy atom. The molecule has 17 heavy (non-hydrogen) atoms. The molecule has 1 N–H and O–H groups in total. The second kappa shape index (κ2) is 3.78. The SMILES string of the molecule is CC(=O)c1nc(-c2c[nH]c3ncccc23)cs1. The van der Waals surface area contributed by atoms with Crippen LogP contribution in [0.3, 0.4) is 0 Å². The van der Waals surface area contributed by atoms with E-state index in [2.05, 4.69) is 15.0 Å². The van der Waals surface area contributed by atoms with Gasteiger partial charge >= 0.3 is 0 Å². The molecule has 0 saturated heterocycles. The molecule has 5 heteroatoms. The molecule has 0 aliphatic carbocycles. The van der Waals surface area contributed by atoms with Crippen LogP contribution in [0.4, 0.5) is 0 Å². The summed E-state index contributed by atoms with van der Waals surface area (Å²) in [5.41, 5.74) is 2.64. The highest BCUT2D eigenvalue weighted by atomic mass is 32.1. The first-order valence-electron chi connectivity index (χ1n) is 5.14. The van der Waals surface area contributed by atoms with E-state index in [1.165, 1.54) is 18.3 Å². The summed E-state index contributed by atoms with van der Waals surface area (Å²) in [6.45, 7) is 1.53. The van der Waals surface area contributed by atoms with Crippen molar-refractivity contribution in [3.63, 3.8) is 0 Å². The molecule has 3 aromatic heterocycles. The molecule has 3 rings (SSSR count). The minimum absolute atomic E-state index is 0.000726. The summed E-state index contributed by atoms with van der Waals surface area (Å²) in [7, 11) is 0. The first-order chi connectivity index (χ1) is 8.25. The zero-order valence-electron chi connectivity index (χ0n) is 9.10. The number of carbonyl (C=O) groups excluding carboxylic acids is 1. The lowest BCUT2D eigenvalue weighted by Gasteiger charge is -1.92. The average molecular weight is 243 g/mol. The van der Waals surface area contributed by atoms with Crippen molar-refractivity contribution in [3.8, 4) is 11.3 Å². The van der Waals surface area contributed by atoms with Gasteiger partial charge in [-0.25, -0.2) is 9.97 Å². The van der Waals surface area contributed by atoms with Gasteiger partial charge in [-0.3, -0.25) is 4.79 Å². The smallest absolute Gasteiger partial charge is 0.188 e. The molecule has 0 fully saturated rings. The van der Waals surface area contributed by atoms with Gasteiger partial charge in [-0.15, -0.1) is 11.3 Å². The fourth-order valence-corrected chi connectivity index (χ4v) is 2.45. The number of nitrogens with one attached hydrogen (secondary N) is 1. The molecule has 4 nitrogen and oxygen atoms in total. The number of carbonyl (C=O) groups is 1. The summed E-state index contributed by atoms with van der Waals surface area (Å²) >= 11 is 1.37. The van der Waals surface area contributed by atoms with E-state index >= 15 is 0 Å². The van der Waals surface area contributed by atoms with Crippen LogP contribution >= 0.6 is 11.3 Å². The summed E-state index contributed by atoms with van der Waals surface area (Å²) in [5.74, 6) is -0.000726. The maximum Gasteiger partial charge on any atom is 0.188 e. The van der Waals surface area contributed by atoms with Gasteiger partial charge < -0.3 is 4.98 Å². The molecule has 0 saturated carbocycles. The van der Waals surface area contributed by atoms with Crippen LogP contribution in [0.2, 0.25) is 0 Å². The molecule has 0 spiro atoms. The Labute approximate surface area is 101 Å². The van der Waals surface area contributed by atoms with Crippen molar-refractivity contribution >= 4 is 28.2 Å². The normalized spacial score (nSPS) is 10.9. The number of hydrogen-bond donors (Lipinski definition) is 1. The van der Waals surface area contributed by atoms with Crippen molar-refractivity contribution < 1.29 is 4.79 Å². The van der Waals surface area contributed by atoms with Crippen LogP contribution in [-0.2, 0) is 0 Å². The van der Waals surface area contributed by atoms with Gasteiger partial charge in [0.2, 0.25) is 0 Å². The van der Waals surface area contributed by atoms with E-state index in [0.717, 1.165) is 22.3 Å². The quantitative estimate of drug-likeness (QED) is 0.704. The Kier molecular flexibility index (Phi) is 2.26. The van der Waals surface area contributed by atoms with E-state index in [4.69, 9.17) is 0 Å². The van der Waals surface area contributed by atoms with Crippen LogP contribution in [0, 0.1) is 0 Å². The summed E-state index contributed by atoms with van der Waals surface area (Å²) < 4.78 is 0. The number of ketones is 1. The highest BCUT2D eigenvalue weighted by Crippen LogP contribution is 2.28. The van der Waals surface area contributed by atoms with E-state index in [1.807, 2.05) is 23.7 Å². The van der Waals surface area contributed by atoms with Crippen LogP contribution in [0.15, 0.2) is 29.9 Å². The lowest BCUT2D eigenvalue weighted by Crippen LogP contribution is -1.89. The number of thiazole rings is 1. The van der Waals surface area contributed by atoms with Crippen molar-refractivity contribution in [2.24, 2.45) is 0 Å². The summed E-state index contributed by atoms with van der Waals surface area (Å²) in [6, 6.07) is 3.87. The van der Waals surface area contributed by atoms with E-state index in [0.29, 0.717) is 5.01 Å². The molecule has 0 aliphatic heterocycles. The number of fused-ring (bicyclic) bond motifs is 1. The minimum Gasteiger partial charge on any atom is -0.345 e. The van der Waals surface area contributed by atoms with Gasteiger partial charge in [0.15, 0.2) is 10.8 Å². The van der Waals surface area contributed by atoms with Crippen LogP contribution in [0.1, 0.15) is 16.7 Å². The fraction of sp³-hybridized carbons (Fsp3) is 0.0833. The van der Waals surface area contributed by atoms with Crippen LogP contribution in [0.5, 0.6) is 0 Å². The van der Waals surface area contributed by atoms with E-state index in [1.54, 1.807) is 6.20 Å². The predicted molar refractivity (Wildman–Crippen MR) is 67.2 cm³/mol. The van der Waals surface area contributed by atoms with E-state index < -0.39 is 0 Å². The molecule has 0 unspecified atom stereocenters. The number of H-pyrrole nitrogens is 1. The Bertz CT molecular complexity index is 698. The van der Waals surface area contributed by atoms with Gasteiger partial charge in [-0.1, -0.05) is 0 Å². The minimum atomic E-state index is -0.000726. The average Bonchev–Trinajstić information content (AvgIpc) is 2.95. The van der Waals surface area contributed by atoms with Crippen molar-refractivity contribution in [1.82, 2.24) is 15.0 Å². The fourth-order valence-electron chi connectivity index (χ4n) is 1.73. The zero-order valence-corrected chi connectivity index (χ0v) is 9.91. The van der Waals surface area contributed by atoms with Crippen LogP contribution < -0.4 is 0 Å². The lowest BCUT2D eigenvalue weighted by atomic mass is 10.2. The number of Topliss-reactive ketones (excluding diaryl/α,β-unsaturated/α-hetero) is 1. The van der Waals surface area contributed by atoms with Crippen molar-refractivity contribution in [2.45, 2.75) is 6.92 Å². The monoisotopic (exact) mass is 243 g/mol. The largest absolute Gasteiger partial charge is 0.345 e. The molecule has 3 aromatic rings. The van der Waals surface area contributed by atoms with Gasteiger partial charge in [0.1, 0.15) is 5.65 Å². The molecule has 84 valence electrons. The standard InChI is InChI=1S/C12H9N3OS/c1-7(16)12-15-10(6-17-12)9-5-14-11-8(9)3-2-4-13-11/h2-6H,1H3,(H,13,14). The van der Waals surface area contributed by atoms with Gasteiger partial charge in [0.25, 0.3) is 0 Å². The molecule has 0 aromatic carbocycles. The number of aromatic amines is 1. The third kappa shape index (κ3) is 1.64. The first kappa shape index (κ1) is 10.2. The van der Waals surface area contributed by atoms with Crippen molar-refractivity contribution in [1.29, 1.82) is 0 Å². The number of rotatable bonds is 2. The molecular weight excluding hydrogens is 234 g/mol. The molecular formula is C12H9N3OS. The third-order valence-electron chi connectivity index (χ3n) is 2.53. The molecule has 0 amide bonds. The van der Waals surface area contributed by atoms with E-state index in [-0.39, 0.29) is 5.78 Å². The Hall–Kier alpha value is -2.01. The summed E-state index contributed by atoms with van der Waals surface area (Å²) in [4.78, 5) is 22.9. The van der Waals surface area contributed by atoms with Gasteiger partial charge in [0.05, 0.1) is 5.69 Å². The Balaban J connectivity index is 2.17. The number of pyridine rings is 1. The summed E-state index contributed by atoms with van der Waals surface area (Å²) in [6.07, 6.45) is 3.61. The van der Waals surface area contributed by atoms with Gasteiger partial charge in [0, 0.05) is 35.6 Å². The Morgan fingerprint density at radius 3 is 3.12 bits per heavy atom. The first-order valence-corrected chi connectivity index (χ1v) is 6.02. The second-order valence-corrected chi connectivity index (χ2v) is 4.55. The van der Waals surface area contributed by atoms with Gasteiger partial charge in [-0.2, -0.15) is 0 Å².